The summed E-state index contributed by atoms with van der Waals surface area (Å²) in [4.78, 5) is 4.16. The van der Waals surface area contributed by atoms with Crippen LogP contribution in [0.1, 0.15) is 5.56 Å². The summed E-state index contributed by atoms with van der Waals surface area (Å²) in [5, 5.41) is 9.65. The standard InChI is InChI=1S/C16H13N3O/c17-15(18)13-8-4-10-19-16(13)20-14-9-3-6-11-5-1-2-7-12(11)14/h1-10H,(H3,17,18). The molecule has 0 atom stereocenters. The number of rotatable bonds is 3. The van der Waals surface area contributed by atoms with E-state index in [2.05, 4.69) is 4.98 Å². The van der Waals surface area contributed by atoms with Gasteiger partial charge in [-0.05, 0) is 23.6 Å². The van der Waals surface area contributed by atoms with Gasteiger partial charge in [-0.1, -0.05) is 36.4 Å². The first-order chi connectivity index (χ1) is 9.75. The molecule has 0 radical (unpaired) electrons. The third-order valence-electron chi connectivity index (χ3n) is 3.02. The number of ether oxygens (including phenoxy) is 1. The second-order valence-corrected chi connectivity index (χ2v) is 4.35. The maximum Gasteiger partial charge on any atom is 0.230 e. The SMILES string of the molecule is N=C(N)c1cccnc1Oc1cccc2ccccc12. The molecule has 20 heavy (non-hydrogen) atoms. The Labute approximate surface area is 116 Å². The molecule has 0 amide bonds. The molecular formula is C16H13N3O. The Kier molecular flexibility index (Phi) is 3.05. The molecule has 1 aromatic heterocycles. The number of benzene rings is 2. The zero-order chi connectivity index (χ0) is 13.9. The molecule has 2 aromatic carbocycles. The first-order valence-corrected chi connectivity index (χ1v) is 6.21. The van der Waals surface area contributed by atoms with Crippen molar-refractivity contribution in [3.8, 4) is 11.6 Å². The van der Waals surface area contributed by atoms with Gasteiger partial charge in [0.1, 0.15) is 11.6 Å². The molecule has 0 saturated heterocycles. The Morgan fingerprint density at radius 2 is 1.80 bits per heavy atom. The molecule has 3 N–H and O–H groups in total. The Morgan fingerprint density at radius 1 is 1.00 bits per heavy atom. The van der Waals surface area contributed by atoms with E-state index in [0.29, 0.717) is 17.2 Å². The van der Waals surface area contributed by atoms with E-state index < -0.39 is 0 Å². The molecule has 0 fully saturated rings. The number of aromatic nitrogens is 1. The Morgan fingerprint density at radius 3 is 2.65 bits per heavy atom. The molecule has 0 bridgehead atoms. The lowest BCUT2D eigenvalue weighted by molar-refractivity contribution is 0.467. The smallest absolute Gasteiger partial charge is 0.230 e. The van der Waals surface area contributed by atoms with E-state index in [9.17, 15) is 0 Å². The third kappa shape index (κ3) is 2.19. The van der Waals surface area contributed by atoms with Crippen LogP contribution in [0.25, 0.3) is 10.8 Å². The van der Waals surface area contributed by atoms with Crippen LogP contribution >= 0.6 is 0 Å². The molecule has 0 saturated carbocycles. The highest BCUT2D eigenvalue weighted by molar-refractivity contribution is 5.97. The van der Waals surface area contributed by atoms with Gasteiger partial charge in [0.2, 0.25) is 5.88 Å². The molecule has 0 aliphatic rings. The molecule has 98 valence electrons. The van der Waals surface area contributed by atoms with Crippen molar-refractivity contribution < 1.29 is 4.74 Å². The molecule has 0 spiro atoms. The van der Waals surface area contributed by atoms with Crippen LogP contribution in [-0.4, -0.2) is 10.8 Å². The molecule has 4 nitrogen and oxygen atoms in total. The highest BCUT2D eigenvalue weighted by Crippen LogP contribution is 2.30. The van der Waals surface area contributed by atoms with E-state index in [0.717, 1.165) is 10.8 Å². The predicted molar refractivity (Wildman–Crippen MR) is 79.3 cm³/mol. The lowest BCUT2D eigenvalue weighted by Gasteiger charge is -2.10. The second kappa shape index (κ2) is 5.01. The Balaban J connectivity index is 2.08. The van der Waals surface area contributed by atoms with Gasteiger partial charge in [0.15, 0.2) is 0 Å². The number of nitrogens with zero attached hydrogens (tertiary/aromatic N) is 1. The van der Waals surface area contributed by atoms with Crippen LogP contribution in [0.3, 0.4) is 0 Å². The number of pyridine rings is 1. The lowest BCUT2D eigenvalue weighted by atomic mass is 10.1. The van der Waals surface area contributed by atoms with E-state index >= 15 is 0 Å². The first kappa shape index (κ1) is 12.2. The number of hydrogen-bond acceptors (Lipinski definition) is 3. The summed E-state index contributed by atoms with van der Waals surface area (Å²) in [7, 11) is 0. The van der Waals surface area contributed by atoms with Gasteiger partial charge in [-0.25, -0.2) is 4.98 Å². The van der Waals surface area contributed by atoms with Crippen molar-refractivity contribution in [2.45, 2.75) is 0 Å². The Bertz CT molecular complexity index is 778. The molecule has 0 aliphatic carbocycles. The van der Waals surface area contributed by atoms with Gasteiger partial charge in [-0.3, -0.25) is 5.41 Å². The second-order valence-electron chi connectivity index (χ2n) is 4.35. The number of fused-ring (bicyclic) bond motifs is 1. The van der Waals surface area contributed by atoms with Crippen molar-refractivity contribution in [3.63, 3.8) is 0 Å². The fraction of sp³-hybridized carbons (Fsp3) is 0. The van der Waals surface area contributed by atoms with Crippen LogP contribution in [0.5, 0.6) is 11.6 Å². The predicted octanol–water partition coefficient (Wildman–Crippen LogP) is 3.31. The topological polar surface area (TPSA) is 72.0 Å². The number of nitrogen functional groups attached to an aromatic ring is 1. The van der Waals surface area contributed by atoms with Crippen LogP contribution in [-0.2, 0) is 0 Å². The summed E-state index contributed by atoms with van der Waals surface area (Å²) < 4.78 is 5.85. The van der Waals surface area contributed by atoms with Gasteiger partial charge in [0, 0.05) is 11.6 Å². The molecule has 0 unspecified atom stereocenters. The average molecular weight is 263 g/mol. The van der Waals surface area contributed by atoms with Crippen molar-refractivity contribution in [2.24, 2.45) is 5.73 Å². The van der Waals surface area contributed by atoms with E-state index in [1.807, 2.05) is 42.5 Å². The minimum atomic E-state index is -0.0617. The fourth-order valence-electron chi connectivity index (χ4n) is 2.07. The van der Waals surface area contributed by atoms with Gasteiger partial charge < -0.3 is 10.5 Å². The van der Waals surface area contributed by atoms with E-state index in [-0.39, 0.29) is 5.84 Å². The molecule has 0 aliphatic heterocycles. The summed E-state index contributed by atoms with van der Waals surface area (Å²) in [6, 6.07) is 17.2. The molecule has 3 aromatic rings. The van der Waals surface area contributed by atoms with Gasteiger partial charge in [-0.15, -0.1) is 0 Å². The van der Waals surface area contributed by atoms with Gasteiger partial charge >= 0.3 is 0 Å². The summed E-state index contributed by atoms with van der Waals surface area (Å²) in [5.41, 5.74) is 6.03. The van der Waals surface area contributed by atoms with Gasteiger partial charge in [-0.2, -0.15) is 0 Å². The summed E-state index contributed by atoms with van der Waals surface area (Å²) in [5.74, 6) is 0.981. The van der Waals surface area contributed by atoms with Crippen molar-refractivity contribution >= 4 is 16.6 Å². The molecule has 1 heterocycles. The number of hydrogen-bond donors (Lipinski definition) is 2. The van der Waals surface area contributed by atoms with Gasteiger partial charge in [0.05, 0.1) is 5.56 Å². The van der Waals surface area contributed by atoms with Crippen molar-refractivity contribution in [3.05, 3.63) is 66.4 Å². The maximum absolute atomic E-state index is 7.56. The molecular weight excluding hydrogens is 250 g/mol. The highest BCUT2D eigenvalue weighted by Gasteiger charge is 2.10. The van der Waals surface area contributed by atoms with Crippen molar-refractivity contribution in [1.29, 1.82) is 5.41 Å². The van der Waals surface area contributed by atoms with Crippen LogP contribution < -0.4 is 10.5 Å². The maximum atomic E-state index is 7.56. The lowest BCUT2D eigenvalue weighted by Crippen LogP contribution is -2.12. The number of nitrogens with two attached hydrogens (primary N) is 1. The van der Waals surface area contributed by atoms with E-state index in [4.69, 9.17) is 15.9 Å². The first-order valence-electron chi connectivity index (χ1n) is 6.21. The third-order valence-corrected chi connectivity index (χ3v) is 3.02. The largest absolute Gasteiger partial charge is 0.438 e. The van der Waals surface area contributed by atoms with Crippen molar-refractivity contribution in [1.82, 2.24) is 4.98 Å². The summed E-state index contributed by atoms with van der Waals surface area (Å²) in [6.45, 7) is 0. The highest BCUT2D eigenvalue weighted by atomic mass is 16.5. The van der Waals surface area contributed by atoms with E-state index in [1.54, 1.807) is 18.3 Å². The van der Waals surface area contributed by atoms with Crippen LogP contribution in [0, 0.1) is 5.41 Å². The fourth-order valence-corrected chi connectivity index (χ4v) is 2.07. The van der Waals surface area contributed by atoms with Crippen LogP contribution in [0.2, 0.25) is 0 Å². The van der Waals surface area contributed by atoms with Crippen LogP contribution in [0.15, 0.2) is 60.8 Å². The number of nitrogens with one attached hydrogen (secondary N) is 1. The molecule has 3 rings (SSSR count). The number of amidine groups is 1. The molecule has 4 heteroatoms. The van der Waals surface area contributed by atoms with Crippen molar-refractivity contribution in [2.75, 3.05) is 0 Å². The average Bonchev–Trinajstić information content (AvgIpc) is 2.48. The summed E-state index contributed by atoms with van der Waals surface area (Å²) >= 11 is 0. The monoisotopic (exact) mass is 263 g/mol. The minimum Gasteiger partial charge on any atom is -0.438 e. The zero-order valence-electron chi connectivity index (χ0n) is 10.7. The summed E-state index contributed by atoms with van der Waals surface area (Å²) in [6.07, 6.45) is 1.62. The normalized spacial score (nSPS) is 10.4. The minimum absolute atomic E-state index is 0.0617. The Hall–Kier alpha value is -2.88. The van der Waals surface area contributed by atoms with Gasteiger partial charge in [0.25, 0.3) is 0 Å². The van der Waals surface area contributed by atoms with Crippen LogP contribution in [0.4, 0.5) is 0 Å². The quantitative estimate of drug-likeness (QED) is 0.562. The van der Waals surface area contributed by atoms with E-state index in [1.165, 1.54) is 0 Å². The zero-order valence-corrected chi connectivity index (χ0v) is 10.7.